The standard InChI is InChI=1S/C24H37N3O9S/c1-17-21(29)22(30)23(31)24(36-17)37-16-18-2-4-20(5-3-18)35-15-19-14-27(26-25-19)6-8-32-10-12-34-13-11-33-9-7-28/h2-5,14,17,21-24,28-31H,6-13,15-16H2,1H3/t17-,21+,22+,23-,24-/m0/s1. The van der Waals surface area contributed by atoms with Gasteiger partial charge in [0.2, 0.25) is 0 Å². The zero-order valence-corrected chi connectivity index (χ0v) is 21.7. The number of hydrogen-bond acceptors (Lipinski definition) is 12. The largest absolute Gasteiger partial charge is 0.487 e. The predicted molar refractivity (Wildman–Crippen MR) is 134 cm³/mol. The van der Waals surface area contributed by atoms with Gasteiger partial charge in [0.15, 0.2) is 0 Å². The van der Waals surface area contributed by atoms with Gasteiger partial charge in [-0.15, -0.1) is 16.9 Å². The maximum Gasteiger partial charge on any atom is 0.134 e. The molecular weight excluding hydrogens is 506 g/mol. The van der Waals surface area contributed by atoms with Crippen LogP contribution in [0.1, 0.15) is 18.2 Å². The van der Waals surface area contributed by atoms with Crippen molar-refractivity contribution in [3.05, 3.63) is 41.7 Å². The lowest BCUT2D eigenvalue weighted by Gasteiger charge is -2.39. The third-order valence-corrected chi connectivity index (χ3v) is 6.78. The average Bonchev–Trinajstić information content (AvgIpc) is 3.37. The number of benzene rings is 1. The monoisotopic (exact) mass is 543 g/mol. The van der Waals surface area contributed by atoms with Crippen LogP contribution in [0, 0.1) is 0 Å². The van der Waals surface area contributed by atoms with Crippen LogP contribution in [0.25, 0.3) is 0 Å². The molecule has 208 valence electrons. The molecule has 0 amide bonds. The Bertz CT molecular complexity index is 889. The van der Waals surface area contributed by atoms with Crippen molar-refractivity contribution in [2.75, 3.05) is 46.2 Å². The average molecular weight is 544 g/mol. The van der Waals surface area contributed by atoms with Gasteiger partial charge in [-0.1, -0.05) is 17.3 Å². The van der Waals surface area contributed by atoms with Gasteiger partial charge in [0.25, 0.3) is 0 Å². The zero-order valence-electron chi connectivity index (χ0n) is 20.9. The van der Waals surface area contributed by atoms with Crippen LogP contribution in [0.5, 0.6) is 5.75 Å². The first-order valence-electron chi connectivity index (χ1n) is 12.2. The summed E-state index contributed by atoms with van der Waals surface area (Å²) in [7, 11) is 0. The Balaban J connectivity index is 1.29. The molecule has 0 radical (unpaired) electrons. The van der Waals surface area contributed by atoms with Crippen molar-refractivity contribution in [1.82, 2.24) is 15.0 Å². The van der Waals surface area contributed by atoms with Crippen LogP contribution in [0.15, 0.2) is 30.5 Å². The highest BCUT2D eigenvalue weighted by atomic mass is 32.2. The Hall–Kier alpha value is -1.81. The van der Waals surface area contributed by atoms with Crippen molar-refractivity contribution in [1.29, 1.82) is 0 Å². The summed E-state index contributed by atoms with van der Waals surface area (Å²) < 4.78 is 29.1. The fourth-order valence-electron chi connectivity index (χ4n) is 3.45. The van der Waals surface area contributed by atoms with E-state index in [1.165, 1.54) is 11.8 Å². The highest BCUT2D eigenvalue weighted by molar-refractivity contribution is 7.99. The third-order valence-electron chi connectivity index (χ3n) is 5.56. The van der Waals surface area contributed by atoms with E-state index >= 15 is 0 Å². The summed E-state index contributed by atoms with van der Waals surface area (Å²) in [5.74, 6) is 1.26. The first kappa shape index (κ1) is 29.7. The molecule has 37 heavy (non-hydrogen) atoms. The van der Waals surface area contributed by atoms with Gasteiger partial charge in [-0.3, -0.25) is 0 Å². The van der Waals surface area contributed by atoms with E-state index in [-0.39, 0.29) is 13.2 Å². The zero-order chi connectivity index (χ0) is 26.5. The molecule has 1 saturated heterocycles. The topological polar surface area (TPSA) is 158 Å². The minimum atomic E-state index is -1.23. The molecule has 1 aliphatic rings. The molecule has 0 spiro atoms. The van der Waals surface area contributed by atoms with Crippen molar-refractivity contribution in [2.45, 2.75) is 55.7 Å². The first-order valence-corrected chi connectivity index (χ1v) is 13.3. The van der Waals surface area contributed by atoms with E-state index in [1.54, 1.807) is 11.6 Å². The second-order valence-corrected chi connectivity index (χ2v) is 9.55. The molecule has 1 aromatic heterocycles. The molecule has 13 heteroatoms. The number of aromatic nitrogens is 3. The summed E-state index contributed by atoms with van der Waals surface area (Å²) in [6.07, 6.45) is -2.21. The number of rotatable bonds is 17. The van der Waals surface area contributed by atoms with Gasteiger partial charge < -0.3 is 44.1 Å². The van der Waals surface area contributed by atoms with Crippen LogP contribution in [-0.2, 0) is 37.9 Å². The van der Waals surface area contributed by atoms with Crippen LogP contribution in [-0.4, -0.2) is 112 Å². The Morgan fingerprint density at radius 3 is 2.30 bits per heavy atom. The number of ether oxygens (including phenoxy) is 5. The van der Waals surface area contributed by atoms with Gasteiger partial charge >= 0.3 is 0 Å². The van der Waals surface area contributed by atoms with E-state index in [2.05, 4.69) is 10.3 Å². The number of nitrogens with zero attached hydrogens (tertiary/aromatic N) is 3. The number of aliphatic hydroxyl groups excluding tert-OH is 4. The number of hydrogen-bond donors (Lipinski definition) is 4. The first-order chi connectivity index (χ1) is 18.0. The fourth-order valence-corrected chi connectivity index (χ4v) is 4.61. The molecule has 3 rings (SSSR count). The minimum absolute atomic E-state index is 0.0105. The van der Waals surface area contributed by atoms with E-state index < -0.39 is 29.9 Å². The van der Waals surface area contributed by atoms with E-state index in [9.17, 15) is 15.3 Å². The number of thioether (sulfide) groups is 1. The summed E-state index contributed by atoms with van der Waals surface area (Å²) in [5.41, 5.74) is 1.09. The summed E-state index contributed by atoms with van der Waals surface area (Å²) in [5, 5.41) is 46.7. The minimum Gasteiger partial charge on any atom is -0.487 e. The van der Waals surface area contributed by atoms with Crippen molar-refractivity contribution >= 4 is 11.8 Å². The van der Waals surface area contributed by atoms with E-state index in [1.807, 2.05) is 30.5 Å². The normalized spacial score (nSPS) is 23.9. The van der Waals surface area contributed by atoms with E-state index in [0.717, 1.165) is 5.56 Å². The molecule has 1 aromatic carbocycles. The van der Waals surface area contributed by atoms with Gasteiger partial charge in [0, 0.05) is 5.75 Å². The fraction of sp³-hybridized carbons (Fsp3) is 0.667. The molecule has 2 aromatic rings. The van der Waals surface area contributed by atoms with Crippen LogP contribution >= 0.6 is 11.8 Å². The molecule has 0 bridgehead atoms. The van der Waals surface area contributed by atoms with Gasteiger partial charge in [0.05, 0.1) is 65.1 Å². The Labute approximate surface area is 220 Å². The summed E-state index contributed by atoms with van der Waals surface area (Å²) >= 11 is 1.37. The SMILES string of the molecule is C[C@@H]1O[C@@H](SCc2ccc(OCc3cn(CCOCCOCCOCCO)nn3)cc2)[C@@H](O)[C@H](O)[C@@H]1O. The molecule has 4 N–H and O–H groups in total. The van der Waals surface area contributed by atoms with Crippen molar-refractivity contribution in [3.63, 3.8) is 0 Å². The molecule has 0 aliphatic carbocycles. The number of aliphatic hydroxyl groups is 4. The van der Waals surface area contributed by atoms with Crippen LogP contribution in [0.4, 0.5) is 0 Å². The lowest BCUT2D eigenvalue weighted by atomic mass is 10.0. The third kappa shape index (κ3) is 10.1. The van der Waals surface area contributed by atoms with Gasteiger partial charge in [-0.05, 0) is 24.6 Å². The highest BCUT2D eigenvalue weighted by Crippen LogP contribution is 2.30. The maximum absolute atomic E-state index is 10.1. The molecule has 12 nitrogen and oxygen atoms in total. The lowest BCUT2D eigenvalue weighted by Crippen LogP contribution is -2.55. The van der Waals surface area contributed by atoms with Crippen molar-refractivity contribution in [3.8, 4) is 5.75 Å². The second-order valence-electron chi connectivity index (χ2n) is 8.46. The van der Waals surface area contributed by atoms with Gasteiger partial charge in [-0.2, -0.15) is 0 Å². The molecule has 5 atom stereocenters. The van der Waals surface area contributed by atoms with Gasteiger partial charge in [0.1, 0.15) is 41.8 Å². The van der Waals surface area contributed by atoms with E-state index in [0.29, 0.717) is 63.4 Å². The van der Waals surface area contributed by atoms with Crippen LogP contribution in [0.3, 0.4) is 0 Å². The van der Waals surface area contributed by atoms with Gasteiger partial charge in [-0.25, -0.2) is 4.68 Å². The lowest BCUT2D eigenvalue weighted by molar-refractivity contribution is -0.192. The molecule has 1 aliphatic heterocycles. The Morgan fingerprint density at radius 1 is 0.919 bits per heavy atom. The highest BCUT2D eigenvalue weighted by Gasteiger charge is 2.41. The summed E-state index contributed by atoms with van der Waals surface area (Å²) in [6.45, 7) is 5.18. The maximum atomic E-state index is 10.1. The van der Waals surface area contributed by atoms with Crippen molar-refractivity contribution < 1.29 is 44.1 Å². The molecule has 0 unspecified atom stereocenters. The molecule has 1 fully saturated rings. The summed E-state index contributed by atoms with van der Waals surface area (Å²) in [4.78, 5) is 0. The molecule has 2 heterocycles. The summed E-state index contributed by atoms with van der Waals surface area (Å²) in [6, 6.07) is 7.56. The smallest absolute Gasteiger partial charge is 0.134 e. The molecular formula is C24H37N3O9S. The second kappa shape index (κ2) is 16.2. The Kier molecular flexibility index (Phi) is 13.0. The Morgan fingerprint density at radius 2 is 1.59 bits per heavy atom. The van der Waals surface area contributed by atoms with Crippen LogP contribution < -0.4 is 4.74 Å². The van der Waals surface area contributed by atoms with E-state index in [4.69, 9.17) is 28.8 Å². The predicted octanol–water partition coefficient (Wildman–Crippen LogP) is -0.0401. The molecule has 0 saturated carbocycles. The quantitative estimate of drug-likeness (QED) is 0.198. The van der Waals surface area contributed by atoms with Crippen LogP contribution in [0.2, 0.25) is 0 Å². The van der Waals surface area contributed by atoms with Crippen molar-refractivity contribution in [2.24, 2.45) is 0 Å².